The van der Waals surface area contributed by atoms with Crippen molar-refractivity contribution >= 4 is 12.0 Å². The molecule has 1 fully saturated rings. The summed E-state index contributed by atoms with van der Waals surface area (Å²) in [6.45, 7) is 4.86. The SMILES string of the molecule is CC(C)CCN(C)C(=O)NC1(C(=O)O)CCCCC1. The normalized spacial score (nSPS) is 18.1. The van der Waals surface area contributed by atoms with E-state index < -0.39 is 11.5 Å². The van der Waals surface area contributed by atoms with E-state index in [2.05, 4.69) is 19.2 Å². The Morgan fingerprint density at radius 1 is 1.26 bits per heavy atom. The number of hydrogen-bond acceptors (Lipinski definition) is 2. The van der Waals surface area contributed by atoms with Crippen molar-refractivity contribution in [2.75, 3.05) is 13.6 Å². The van der Waals surface area contributed by atoms with Gasteiger partial charge in [-0.15, -0.1) is 0 Å². The van der Waals surface area contributed by atoms with Gasteiger partial charge in [0.25, 0.3) is 0 Å². The molecule has 1 saturated carbocycles. The molecule has 5 heteroatoms. The third-order valence-electron chi connectivity index (χ3n) is 3.85. The third-order valence-corrected chi connectivity index (χ3v) is 3.85. The molecular formula is C14H26N2O3. The van der Waals surface area contributed by atoms with E-state index in [9.17, 15) is 14.7 Å². The van der Waals surface area contributed by atoms with Gasteiger partial charge in [0, 0.05) is 13.6 Å². The predicted molar refractivity (Wildman–Crippen MR) is 74.1 cm³/mol. The van der Waals surface area contributed by atoms with E-state index >= 15 is 0 Å². The smallest absolute Gasteiger partial charge is 0.329 e. The van der Waals surface area contributed by atoms with Gasteiger partial charge in [0.1, 0.15) is 5.54 Å². The summed E-state index contributed by atoms with van der Waals surface area (Å²) in [6.07, 6.45) is 4.76. The maximum atomic E-state index is 12.1. The van der Waals surface area contributed by atoms with Crippen LogP contribution in [0.25, 0.3) is 0 Å². The Kier molecular flexibility index (Phi) is 5.63. The van der Waals surface area contributed by atoms with Gasteiger partial charge in [-0.3, -0.25) is 0 Å². The van der Waals surface area contributed by atoms with Gasteiger partial charge in [0.05, 0.1) is 0 Å². The molecule has 0 aromatic heterocycles. The standard InChI is InChI=1S/C14H26N2O3/c1-11(2)7-10-16(3)13(19)15-14(12(17)18)8-5-4-6-9-14/h11H,4-10H2,1-3H3,(H,15,19)(H,17,18). The Morgan fingerprint density at radius 2 is 1.84 bits per heavy atom. The zero-order chi connectivity index (χ0) is 14.5. The van der Waals surface area contributed by atoms with E-state index in [-0.39, 0.29) is 6.03 Å². The second-order valence-electron chi connectivity index (χ2n) is 5.98. The summed E-state index contributed by atoms with van der Waals surface area (Å²) in [5.74, 6) is -0.379. The Hall–Kier alpha value is -1.26. The largest absolute Gasteiger partial charge is 0.480 e. The fraction of sp³-hybridized carbons (Fsp3) is 0.857. The fourth-order valence-electron chi connectivity index (χ4n) is 2.40. The van der Waals surface area contributed by atoms with E-state index in [1.54, 1.807) is 11.9 Å². The van der Waals surface area contributed by atoms with Gasteiger partial charge in [-0.25, -0.2) is 9.59 Å². The van der Waals surface area contributed by atoms with Gasteiger partial charge >= 0.3 is 12.0 Å². The molecule has 0 atom stereocenters. The van der Waals surface area contributed by atoms with Crippen molar-refractivity contribution in [3.8, 4) is 0 Å². The third kappa shape index (κ3) is 4.40. The van der Waals surface area contributed by atoms with Crippen LogP contribution in [0.3, 0.4) is 0 Å². The van der Waals surface area contributed by atoms with Gasteiger partial charge in [0.15, 0.2) is 0 Å². The molecule has 0 spiro atoms. The van der Waals surface area contributed by atoms with Gasteiger partial charge in [-0.1, -0.05) is 33.1 Å². The van der Waals surface area contributed by atoms with Crippen LogP contribution in [0.4, 0.5) is 4.79 Å². The molecule has 1 rings (SSSR count). The molecule has 0 aromatic rings. The molecule has 2 amide bonds. The number of carboxylic acid groups (broad SMARTS) is 1. The van der Waals surface area contributed by atoms with Crippen LogP contribution in [-0.2, 0) is 4.79 Å². The van der Waals surface area contributed by atoms with Crippen molar-refractivity contribution in [1.29, 1.82) is 0 Å². The number of hydrogen-bond donors (Lipinski definition) is 2. The number of amides is 2. The fourth-order valence-corrected chi connectivity index (χ4v) is 2.40. The molecule has 110 valence electrons. The molecule has 0 saturated heterocycles. The molecule has 19 heavy (non-hydrogen) atoms. The summed E-state index contributed by atoms with van der Waals surface area (Å²) >= 11 is 0. The Balaban J connectivity index is 2.58. The van der Waals surface area contributed by atoms with Gasteiger partial charge in [-0.05, 0) is 25.2 Å². The number of carbonyl (C=O) groups excluding carboxylic acids is 1. The zero-order valence-corrected chi connectivity index (χ0v) is 12.2. The lowest BCUT2D eigenvalue weighted by atomic mass is 9.82. The molecule has 2 N–H and O–H groups in total. The summed E-state index contributed by atoms with van der Waals surface area (Å²) < 4.78 is 0. The second-order valence-corrected chi connectivity index (χ2v) is 5.98. The molecule has 0 bridgehead atoms. The molecule has 5 nitrogen and oxygen atoms in total. The number of carbonyl (C=O) groups is 2. The van der Waals surface area contributed by atoms with Crippen LogP contribution in [0.2, 0.25) is 0 Å². The lowest BCUT2D eigenvalue weighted by Gasteiger charge is -2.35. The number of nitrogens with zero attached hydrogens (tertiary/aromatic N) is 1. The minimum Gasteiger partial charge on any atom is -0.480 e. The molecule has 0 unspecified atom stereocenters. The van der Waals surface area contributed by atoms with Crippen LogP contribution >= 0.6 is 0 Å². The van der Waals surface area contributed by atoms with Crippen molar-refractivity contribution in [2.45, 2.75) is 57.9 Å². The van der Waals surface area contributed by atoms with Crippen LogP contribution < -0.4 is 5.32 Å². The number of urea groups is 1. The molecule has 1 aliphatic rings. The maximum Gasteiger partial charge on any atom is 0.329 e. The average Bonchev–Trinajstić information content (AvgIpc) is 2.36. The van der Waals surface area contributed by atoms with Gasteiger partial charge in [-0.2, -0.15) is 0 Å². The van der Waals surface area contributed by atoms with Crippen molar-refractivity contribution in [3.05, 3.63) is 0 Å². The molecule has 0 heterocycles. The van der Waals surface area contributed by atoms with E-state index in [0.717, 1.165) is 25.7 Å². The highest BCUT2D eigenvalue weighted by molar-refractivity contribution is 5.86. The highest BCUT2D eigenvalue weighted by Gasteiger charge is 2.41. The van der Waals surface area contributed by atoms with Crippen LogP contribution in [0.5, 0.6) is 0 Å². The highest BCUT2D eigenvalue weighted by atomic mass is 16.4. The highest BCUT2D eigenvalue weighted by Crippen LogP contribution is 2.28. The van der Waals surface area contributed by atoms with Crippen molar-refractivity contribution in [3.63, 3.8) is 0 Å². The molecule has 1 aliphatic carbocycles. The van der Waals surface area contributed by atoms with Gasteiger partial charge < -0.3 is 15.3 Å². The van der Waals surface area contributed by atoms with Crippen LogP contribution in [0.1, 0.15) is 52.4 Å². The number of carboxylic acids is 1. The lowest BCUT2D eigenvalue weighted by molar-refractivity contribution is -0.145. The van der Waals surface area contributed by atoms with Crippen molar-refractivity contribution < 1.29 is 14.7 Å². The Labute approximate surface area is 115 Å². The predicted octanol–water partition coefficient (Wildman–Crippen LogP) is 2.46. The summed E-state index contributed by atoms with van der Waals surface area (Å²) in [5, 5.41) is 12.1. The Morgan fingerprint density at radius 3 is 2.32 bits per heavy atom. The summed E-state index contributed by atoms with van der Waals surface area (Å²) in [6, 6.07) is -0.273. The van der Waals surface area contributed by atoms with Crippen molar-refractivity contribution in [2.24, 2.45) is 5.92 Å². The monoisotopic (exact) mass is 270 g/mol. The molecule has 0 radical (unpaired) electrons. The summed E-state index contributed by atoms with van der Waals surface area (Å²) in [4.78, 5) is 25.1. The lowest BCUT2D eigenvalue weighted by Crippen LogP contribution is -2.58. The van der Waals surface area contributed by atoms with E-state index in [0.29, 0.717) is 25.3 Å². The maximum absolute atomic E-state index is 12.1. The average molecular weight is 270 g/mol. The van der Waals surface area contributed by atoms with E-state index in [1.165, 1.54) is 0 Å². The van der Waals surface area contributed by atoms with Crippen LogP contribution in [0, 0.1) is 5.92 Å². The second kappa shape index (κ2) is 6.78. The van der Waals surface area contributed by atoms with E-state index in [1.807, 2.05) is 0 Å². The quantitative estimate of drug-likeness (QED) is 0.806. The Bertz CT molecular complexity index is 323. The number of aliphatic carboxylic acids is 1. The first kappa shape index (κ1) is 15.8. The summed E-state index contributed by atoms with van der Waals surface area (Å²) in [5.41, 5.74) is -1.05. The van der Waals surface area contributed by atoms with Crippen LogP contribution in [0.15, 0.2) is 0 Å². The summed E-state index contributed by atoms with van der Waals surface area (Å²) in [7, 11) is 1.72. The van der Waals surface area contributed by atoms with E-state index in [4.69, 9.17) is 0 Å². The number of rotatable bonds is 5. The molecule has 0 aromatic carbocycles. The van der Waals surface area contributed by atoms with Gasteiger partial charge in [0.2, 0.25) is 0 Å². The first-order valence-electron chi connectivity index (χ1n) is 7.14. The first-order valence-corrected chi connectivity index (χ1v) is 7.14. The topological polar surface area (TPSA) is 69.6 Å². The zero-order valence-electron chi connectivity index (χ0n) is 12.2. The molecule has 0 aliphatic heterocycles. The minimum atomic E-state index is -1.05. The first-order chi connectivity index (χ1) is 8.87. The number of nitrogens with one attached hydrogen (secondary N) is 1. The minimum absolute atomic E-state index is 0.273. The van der Waals surface area contributed by atoms with Crippen molar-refractivity contribution in [1.82, 2.24) is 10.2 Å². The molecular weight excluding hydrogens is 244 g/mol. The van der Waals surface area contributed by atoms with Crippen LogP contribution in [-0.4, -0.2) is 41.1 Å².